The zero-order valence-corrected chi connectivity index (χ0v) is 25.9. The Morgan fingerprint density at radius 3 is 2.41 bits per heavy atom. The van der Waals surface area contributed by atoms with Crippen molar-refractivity contribution in [3.63, 3.8) is 0 Å². The zero-order valence-electron chi connectivity index (χ0n) is 21.2. The van der Waals surface area contributed by atoms with Crippen LogP contribution >= 0.6 is 55.1 Å². The summed E-state index contributed by atoms with van der Waals surface area (Å²) in [5, 5.41) is 5.67. The van der Waals surface area contributed by atoms with Gasteiger partial charge in [0.15, 0.2) is 5.75 Å². The Hall–Kier alpha value is -3.63. The van der Waals surface area contributed by atoms with Crippen LogP contribution in [0.25, 0.3) is 22.0 Å². The summed E-state index contributed by atoms with van der Waals surface area (Å²) in [5.74, 6) is -0.315. The number of hydrazone groups is 1. The van der Waals surface area contributed by atoms with Gasteiger partial charge in [0.1, 0.15) is 11.4 Å². The second-order valence-electron chi connectivity index (χ2n) is 8.64. The molecule has 4 aromatic carbocycles. The first-order valence-electron chi connectivity index (χ1n) is 12.0. The van der Waals surface area contributed by atoms with Crippen LogP contribution < -0.4 is 14.9 Å². The standard InChI is InChI=1S/C30H19Br2Cl2N3O4/c1-40-18-10-11-25-21(14-18)26(19-6-2-4-8-23(19)33)27(36-25)29(38)37-35-15-16-12-17(31)13-22(32)28(16)41-30(39)20-7-3-5-9-24(20)34/h2-15,36H,1H3,(H,37,38). The lowest BCUT2D eigenvalue weighted by atomic mass is 10.0. The molecule has 0 unspecified atom stereocenters. The minimum absolute atomic E-state index is 0.200. The number of rotatable bonds is 7. The first-order valence-corrected chi connectivity index (χ1v) is 14.3. The molecule has 0 fully saturated rings. The van der Waals surface area contributed by atoms with E-state index in [-0.39, 0.29) is 22.0 Å². The van der Waals surface area contributed by atoms with Crippen LogP contribution in [0.4, 0.5) is 0 Å². The molecule has 0 saturated heterocycles. The Bertz CT molecular complexity index is 1840. The van der Waals surface area contributed by atoms with Gasteiger partial charge in [0.2, 0.25) is 0 Å². The number of nitrogens with one attached hydrogen (secondary N) is 2. The molecule has 0 atom stereocenters. The number of carbonyl (C=O) groups excluding carboxylic acids is 2. The minimum Gasteiger partial charge on any atom is -0.497 e. The van der Waals surface area contributed by atoms with E-state index in [1.807, 2.05) is 30.3 Å². The summed E-state index contributed by atoms with van der Waals surface area (Å²) in [4.78, 5) is 29.5. The highest BCUT2D eigenvalue weighted by Crippen LogP contribution is 2.38. The van der Waals surface area contributed by atoms with Gasteiger partial charge < -0.3 is 14.5 Å². The van der Waals surface area contributed by atoms with Gasteiger partial charge in [-0.05, 0) is 64.5 Å². The molecule has 5 rings (SSSR count). The van der Waals surface area contributed by atoms with Gasteiger partial charge in [-0.15, -0.1) is 0 Å². The van der Waals surface area contributed by atoms with E-state index in [4.69, 9.17) is 32.7 Å². The molecule has 0 aliphatic heterocycles. The van der Waals surface area contributed by atoms with Crippen molar-refractivity contribution in [3.05, 3.63) is 115 Å². The molecule has 0 aliphatic rings. The third kappa shape index (κ3) is 6.18. The lowest BCUT2D eigenvalue weighted by Crippen LogP contribution is -2.19. The van der Waals surface area contributed by atoms with E-state index in [1.54, 1.807) is 55.6 Å². The van der Waals surface area contributed by atoms with Crippen LogP contribution in [0, 0.1) is 0 Å². The van der Waals surface area contributed by atoms with Crippen LogP contribution in [0.1, 0.15) is 26.4 Å². The van der Waals surface area contributed by atoms with Crippen molar-refractivity contribution in [2.45, 2.75) is 0 Å². The Morgan fingerprint density at radius 2 is 1.68 bits per heavy atom. The fraction of sp³-hybridized carbons (Fsp3) is 0.0333. The van der Waals surface area contributed by atoms with Crippen LogP contribution in [0.2, 0.25) is 10.0 Å². The van der Waals surface area contributed by atoms with Crippen LogP contribution in [0.3, 0.4) is 0 Å². The first kappa shape index (κ1) is 28.9. The van der Waals surface area contributed by atoms with Gasteiger partial charge in [-0.25, -0.2) is 10.2 Å². The number of hydrogen-bond acceptors (Lipinski definition) is 5. The smallest absolute Gasteiger partial charge is 0.345 e. The number of halogens is 4. The van der Waals surface area contributed by atoms with E-state index in [1.165, 1.54) is 6.21 Å². The molecule has 2 N–H and O–H groups in total. The largest absolute Gasteiger partial charge is 0.497 e. The average molecular weight is 716 g/mol. The van der Waals surface area contributed by atoms with Crippen molar-refractivity contribution in [1.82, 2.24) is 10.4 Å². The van der Waals surface area contributed by atoms with Gasteiger partial charge in [0.25, 0.3) is 5.91 Å². The van der Waals surface area contributed by atoms with E-state index in [9.17, 15) is 9.59 Å². The third-order valence-electron chi connectivity index (χ3n) is 6.07. The molecule has 1 amide bonds. The molecule has 7 nitrogen and oxygen atoms in total. The highest BCUT2D eigenvalue weighted by Gasteiger charge is 2.22. The highest BCUT2D eigenvalue weighted by atomic mass is 79.9. The van der Waals surface area contributed by atoms with Gasteiger partial charge >= 0.3 is 5.97 Å². The zero-order chi connectivity index (χ0) is 29.1. The number of amides is 1. The summed E-state index contributed by atoms with van der Waals surface area (Å²) in [6.45, 7) is 0. The molecule has 1 aromatic heterocycles. The van der Waals surface area contributed by atoms with Gasteiger partial charge in [-0.3, -0.25) is 4.79 Å². The van der Waals surface area contributed by atoms with Crippen molar-refractivity contribution in [1.29, 1.82) is 0 Å². The quantitative estimate of drug-likeness (QED) is 0.0764. The number of nitrogens with zero attached hydrogens (tertiary/aromatic N) is 1. The average Bonchev–Trinajstić information content (AvgIpc) is 3.33. The number of aromatic amines is 1. The Balaban J connectivity index is 1.47. The minimum atomic E-state index is -0.643. The summed E-state index contributed by atoms with van der Waals surface area (Å²) in [5.41, 5.74) is 5.45. The van der Waals surface area contributed by atoms with Crippen molar-refractivity contribution in [2.24, 2.45) is 5.10 Å². The molecule has 11 heteroatoms. The van der Waals surface area contributed by atoms with Crippen LogP contribution in [-0.4, -0.2) is 30.2 Å². The second-order valence-corrected chi connectivity index (χ2v) is 11.2. The summed E-state index contributed by atoms with van der Waals surface area (Å²) in [6.07, 6.45) is 1.38. The van der Waals surface area contributed by atoms with Crippen LogP contribution in [-0.2, 0) is 0 Å². The highest BCUT2D eigenvalue weighted by molar-refractivity contribution is 9.11. The molecule has 0 spiro atoms. The monoisotopic (exact) mass is 713 g/mol. The lowest BCUT2D eigenvalue weighted by molar-refractivity contribution is 0.0733. The van der Waals surface area contributed by atoms with Crippen molar-refractivity contribution >= 4 is 84.1 Å². The Morgan fingerprint density at radius 1 is 0.951 bits per heavy atom. The summed E-state index contributed by atoms with van der Waals surface area (Å²) in [6, 6.07) is 22.7. The molecular weight excluding hydrogens is 697 g/mol. The number of methoxy groups -OCH3 is 1. The van der Waals surface area contributed by atoms with E-state index in [0.29, 0.717) is 36.4 Å². The Labute approximate surface area is 261 Å². The fourth-order valence-electron chi connectivity index (χ4n) is 4.19. The summed E-state index contributed by atoms with van der Waals surface area (Å²) in [7, 11) is 1.58. The predicted octanol–water partition coefficient (Wildman–Crippen LogP) is 8.66. The van der Waals surface area contributed by atoms with E-state index in [0.717, 1.165) is 10.9 Å². The molecule has 206 valence electrons. The lowest BCUT2D eigenvalue weighted by Gasteiger charge is -2.11. The van der Waals surface area contributed by atoms with E-state index >= 15 is 0 Å². The predicted molar refractivity (Wildman–Crippen MR) is 169 cm³/mol. The van der Waals surface area contributed by atoms with Crippen molar-refractivity contribution < 1.29 is 19.1 Å². The molecule has 41 heavy (non-hydrogen) atoms. The van der Waals surface area contributed by atoms with Gasteiger partial charge in [-0.2, -0.15) is 5.10 Å². The molecule has 0 bridgehead atoms. The number of fused-ring (bicyclic) bond motifs is 1. The normalized spacial score (nSPS) is 11.1. The SMILES string of the molecule is COc1ccc2[nH]c(C(=O)NN=Cc3cc(Br)cc(Br)c3OC(=O)c3ccccc3Cl)c(-c3ccccc3Cl)c2c1. The molecule has 1 heterocycles. The maximum absolute atomic E-state index is 13.4. The number of aromatic nitrogens is 1. The van der Waals surface area contributed by atoms with E-state index in [2.05, 4.69) is 47.4 Å². The van der Waals surface area contributed by atoms with Crippen LogP contribution in [0.15, 0.2) is 92.9 Å². The number of ether oxygens (including phenoxy) is 2. The maximum atomic E-state index is 13.4. The Kier molecular flexibility index (Phi) is 8.79. The van der Waals surface area contributed by atoms with Crippen molar-refractivity contribution in [2.75, 3.05) is 7.11 Å². The third-order valence-corrected chi connectivity index (χ3v) is 7.78. The van der Waals surface area contributed by atoms with Gasteiger partial charge in [0.05, 0.1) is 28.4 Å². The molecule has 5 aromatic rings. The maximum Gasteiger partial charge on any atom is 0.345 e. The second kappa shape index (κ2) is 12.5. The molecule has 0 saturated carbocycles. The number of carbonyl (C=O) groups is 2. The molecular formula is C30H19Br2Cl2N3O4. The van der Waals surface area contributed by atoms with Crippen molar-refractivity contribution in [3.8, 4) is 22.6 Å². The first-order chi connectivity index (χ1) is 19.8. The number of hydrogen-bond donors (Lipinski definition) is 2. The summed E-state index contributed by atoms with van der Waals surface area (Å²) < 4.78 is 12.2. The number of benzene rings is 4. The van der Waals surface area contributed by atoms with Gasteiger partial charge in [-0.1, -0.05) is 69.5 Å². The fourth-order valence-corrected chi connectivity index (χ4v) is 5.97. The van der Waals surface area contributed by atoms with E-state index < -0.39 is 11.9 Å². The van der Waals surface area contributed by atoms with Gasteiger partial charge in [0, 0.05) is 37.1 Å². The topological polar surface area (TPSA) is 92.8 Å². The molecule has 0 radical (unpaired) electrons. The molecule has 0 aliphatic carbocycles. The summed E-state index contributed by atoms with van der Waals surface area (Å²) >= 11 is 19.6. The number of H-pyrrole nitrogens is 1. The number of esters is 1. The van der Waals surface area contributed by atoms with Crippen LogP contribution in [0.5, 0.6) is 11.5 Å².